The van der Waals surface area contributed by atoms with Crippen molar-refractivity contribution in [3.63, 3.8) is 0 Å². The first kappa shape index (κ1) is 21.4. The molecular weight excluding hydrogens is 340 g/mol. The Morgan fingerprint density at radius 2 is 1.96 bits per heavy atom. The maximum atomic E-state index is 11.6. The molecule has 0 aromatic heterocycles. The normalized spacial score (nSPS) is 17.4. The van der Waals surface area contributed by atoms with Crippen molar-refractivity contribution in [3.05, 3.63) is 29.8 Å². The Balaban J connectivity index is 0.00000312. The number of nitrogens with two attached hydrogens (primary N) is 1. The highest BCUT2D eigenvalue weighted by molar-refractivity contribution is 5.88. The third-order valence-electron chi connectivity index (χ3n) is 4.32. The van der Waals surface area contributed by atoms with Gasteiger partial charge in [0.05, 0.1) is 0 Å². The molecule has 6 nitrogen and oxygen atoms in total. The Bertz CT molecular complexity index is 551. The smallest absolute Gasteiger partial charge is 0.221 e. The number of rotatable bonds is 7. The summed E-state index contributed by atoms with van der Waals surface area (Å²) in [6, 6.07) is 8.32. The predicted octanol–water partition coefficient (Wildman–Crippen LogP) is 1.89. The van der Waals surface area contributed by atoms with Gasteiger partial charge in [-0.1, -0.05) is 18.6 Å². The molecular formula is C18H29ClN4O2. The number of amides is 2. The molecule has 1 saturated heterocycles. The van der Waals surface area contributed by atoms with E-state index >= 15 is 0 Å². The van der Waals surface area contributed by atoms with Crippen LogP contribution in [0.1, 0.15) is 38.2 Å². The maximum absolute atomic E-state index is 11.6. The Morgan fingerprint density at radius 1 is 1.24 bits per heavy atom. The summed E-state index contributed by atoms with van der Waals surface area (Å²) in [6.45, 7) is 4.48. The number of hydrogen-bond donors (Lipinski definition) is 3. The average molecular weight is 369 g/mol. The monoisotopic (exact) mass is 368 g/mol. The molecule has 2 amide bonds. The number of benzene rings is 1. The number of likely N-dealkylation sites (tertiary alicyclic amines) is 1. The fourth-order valence-corrected chi connectivity index (χ4v) is 3.08. The quantitative estimate of drug-likeness (QED) is 0.685. The molecule has 1 unspecified atom stereocenters. The largest absolute Gasteiger partial charge is 0.354 e. The first-order valence-corrected chi connectivity index (χ1v) is 8.66. The minimum absolute atomic E-state index is 0. The summed E-state index contributed by atoms with van der Waals surface area (Å²) in [4.78, 5) is 25.1. The van der Waals surface area contributed by atoms with Gasteiger partial charge in [-0.3, -0.25) is 14.5 Å². The third kappa shape index (κ3) is 7.42. The zero-order chi connectivity index (χ0) is 17.4. The molecule has 2 rings (SSSR count). The summed E-state index contributed by atoms with van der Waals surface area (Å²) in [6.07, 6.45) is 3.89. The van der Waals surface area contributed by atoms with Crippen LogP contribution in [0.3, 0.4) is 0 Å². The summed E-state index contributed by atoms with van der Waals surface area (Å²) in [5, 5.41) is 5.77. The Hall–Kier alpha value is -1.63. The molecule has 140 valence electrons. The highest BCUT2D eigenvalue weighted by atomic mass is 35.5. The second-order valence-electron chi connectivity index (χ2n) is 6.34. The van der Waals surface area contributed by atoms with Crippen molar-refractivity contribution in [2.75, 3.05) is 25.0 Å². The zero-order valence-corrected chi connectivity index (χ0v) is 15.6. The molecule has 1 aromatic rings. The van der Waals surface area contributed by atoms with Crippen molar-refractivity contribution in [2.24, 2.45) is 5.73 Å². The lowest BCUT2D eigenvalue weighted by Crippen LogP contribution is -2.46. The number of carbonyl (C=O) groups is 2. The standard InChI is InChI=1S/C18H28N4O2.ClH/c1-14(23)21-16-7-5-15(6-8-16)13-22-11-3-2-4-17(22)12-20-18(24)9-10-19;/h5-8,17H,2-4,9-13,19H2,1H3,(H,20,24)(H,21,23);1H. The van der Waals surface area contributed by atoms with E-state index in [9.17, 15) is 9.59 Å². The molecule has 0 spiro atoms. The van der Waals surface area contributed by atoms with Crippen molar-refractivity contribution in [2.45, 2.75) is 45.2 Å². The summed E-state index contributed by atoms with van der Waals surface area (Å²) in [7, 11) is 0. The average Bonchev–Trinajstić information content (AvgIpc) is 2.56. The first-order chi connectivity index (χ1) is 11.6. The van der Waals surface area contributed by atoms with Crippen molar-refractivity contribution in [3.8, 4) is 0 Å². The predicted molar refractivity (Wildman–Crippen MR) is 103 cm³/mol. The molecule has 4 N–H and O–H groups in total. The molecule has 7 heteroatoms. The van der Waals surface area contributed by atoms with E-state index in [1.54, 1.807) is 0 Å². The number of anilines is 1. The van der Waals surface area contributed by atoms with E-state index in [0.717, 1.165) is 25.2 Å². The molecule has 0 bridgehead atoms. The SMILES string of the molecule is CC(=O)Nc1ccc(CN2CCCCC2CNC(=O)CCN)cc1.Cl. The molecule has 0 saturated carbocycles. The maximum Gasteiger partial charge on any atom is 0.221 e. The van der Waals surface area contributed by atoms with Crippen molar-refractivity contribution in [1.82, 2.24) is 10.2 Å². The Kier molecular flexibility index (Phi) is 9.49. The van der Waals surface area contributed by atoms with Gasteiger partial charge in [0, 0.05) is 44.7 Å². The second-order valence-corrected chi connectivity index (χ2v) is 6.34. The lowest BCUT2D eigenvalue weighted by molar-refractivity contribution is -0.121. The minimum atomic E-state index is -0.0629. The van der Waals surface area contributed by atoms with Crippen LogP contribution >= 0.6 is 12.4 Å². The van der Waals surface area contributed by atoms with Crippen molar-refractivity contribution in [1.29, 1.82) is 0 Å². The van der Waals surface area contributed by atoms with Gasteiger partial charge >= 0.3 is 0 Å². The van der Waals surface area contributed by atoms with Crippen LogP contribution < -0.4 is 16.4 Å². The number of carbonyl (C=O) groups excluding carboxylic acids is 2. The van der Waals surface area contributed by atoms with E-state index in [-0.39, 0.29) is 24.2 Å². The number of hydrogen-bond acceptors (Lipinski definition) is 4. The number of halogens is 1. The van der Waals surface area contributed by atoms with Crippen LogP contribution in [0, 0.1) is 0 Å². The van der Waals surface area contributed by atoms with Gasteiger partial charge in [-0.15, -0.1) is 12.4 Å². The summed E-state index contributed by atoms with van der Waals surface area (Å²) in [5.74, 6) is -0.0326. The number of piperidine rings is 1. The van der Waals surface area contributed by atoms with Crippen LogP contribution in [0.4, 0.5) is 5.69 Å². The lowest BCUT2D eigenvalue weighted by Gasteiger charge is -2.36. The fourth-order valence-electron chi connectivity index (χ4n) is 3.08. The molecule has 25 heavy (non-hydrogen) atoms. The molecule has 0 aliphatic carbocycles. The second kappa shape index (κ2) is 11.1. The van der Waals surface area contributed by atoms with Crippen LogP contribution in [0.15, 0.2) is 24.3 Å². The molecule has 1 aromatic carbocycles. The van der Waals surface area contributed by atoms with Gasteiger partial charge in [-0.05, 0) is 37.1 Å². The molecule has 1 atom stereocenters. The summed E-state index contributed by atoms with van der Waals surface area (Å²) in [5.41, 5.74) is 7.44. The van der Waals surface area contributed by atoms with Crippen LogP contribution in [-0.2, 0) is 16.1 Å². The van der Waals surface area contributed by atoms with Gasteiger partial charge in [0.2, 0.25) is 11.8 Å². The van der Waals surface area contributed by atoms with Gasteiger partial charge in [-0.2, -0.15) is 0 Å². The highest BCUT2D eigenvalue weighted by Crippen LogP contribution is 2.20. The van der Waals surface area contributed by atoms with E-state index in [0.29, 0.717) is 25.6 Å². The molecule has 0 radical (unpaired) electrons. The van der Waals surface area contributed by atoms with Crippen LogP contribution in [0.2, 0.25) is 0 Å². The Labute approximate surface area is 155 Å². The van der Waals surface area contributed by atoms with Gasteiger partial charge < -0.3 is 16.4 Å². The fraction of sp³-hybridized carbons (Fsp3) is 0.556. The van der Waals surface area contributed by atoms with Gasteiger partial charge in [-0.25, -0.2) is 0 Å². The van der Waals surface area contributed by atoms with E-state index < -0.39 is 0 Å². The van der Waals surface area contributed by atoms with Gasteiger partial charge in [0.1, 0.15) is 0 Å². The Morgan fingerprint density at radius 3 is 2.60 bits per heavy atom. The third-order valence-corrected chi connectivity index (χ3v) is 4.32. The van der Waals surface area contributed by atoms with Gasteiger partial charge in [0.25, 0.3) is 0 Å². The lowest BCUT2D eigenvalue weighted by atomic mass is 10.0. The molecule has 1 aliphatic heterocycles. The van der Waals surface area contributed by atoms with E-state index in [4.69, 9.17) is 5.73 Å². The molecule has 1 heterocycles. The topological polar surface area (TPSA) is 87.5 Å². The number of nitrogens with zero attached hydrogens (tertiary/aromatic N) is 1. The van der Waals surface area contributed by atoms with Crippen LogP contribution in [-0.4, -0.2) is 42.4 Å². The van der Waals surface area contributed by atoms with Crippen LogP contribution in [0.25, 0.3) is 0 Å². The van der Waals surface area contributed by atoms with E-state index in [1.165, 1.54) is 25.3 Å². The zero-order valence-electron chi connectivity index (χ0n) is 14.8. The number of nitrogens with one attached hydrogen (secondary N) is 2. The molecule has 1 aliphatic rings. The summed E-state index contributed by atoms with van der Waals surface area (Å²) >= 11 is 0. The van der Waals surface area contributed by atoms with Crippen molar-refractivity contribution < 1.29 is 9.59 Å². The first-order valence-electron chi connectivity index (χ1n) is 8.66. The van der Waals surface area contributed by atoms with Crippen LogP contribution in [0.5, 0.6) is 0 Å². The van der Waals surface area contributed by atoms with E-state index in [2.05, 4.69) is 15.5 Å². The van der Waals surface area contributed by atoms with Crippen molar-refractivity contribution >= 4 is 29.9 Å². The summed E-state index contributed by atoms with van der Waals surface area (Å²) < 4.78 is 0. The van der Waals surface area contributed by atoms with E-state index in [1.807, 2.05) is 24.3 Å². The highest BCUT2D eigenvalue weighted by Gasteiger charge is 2.22. The minimum Gasteiger partial charge on any atom is -0.354 e. The van der Waals surface area contributed by atoms with Gasteiger partial charge in [0.15, 0.2) is 0 Å². The molecule has 1 fully saturated rings.